The van der Waals surface area contributed by atoms with Crippen molar-refractivity contribution in [3.63, 3.8) is 0 Å². The Labute approximate surface area is 232 Å². The fraction of sp³-hybridized carbons (Fsp3) is 0.500. The second kappa shape index (κ2) is 10.8. The van der Waals surface area contributed by atoms with Crippen LogP contribution in [-0.4, -0.2) is 98.2 Å². The van der Waals surface area contributed by atoms with Gasteiger partial charge in [-0.25, -0.2) is 19.3 Å². The van der Waals surface area contributed by atoms with Gasteiger partial charge in [-0.2, -0.15) is 0 Å². The van der Waals surface area contributed by atoms with Crippen molar-refractivity contribution in [2.24, 2.45) is 5.73 Å². The van der Waals surface area contributed by atoms with Crippen LogP contribution in [0.3, 0.4) is 0 Å². The maximum Gasteiger partial charge on any atom is 0.231 e. The quantitative estimate of drug-likeness (QED) is 0.360. The highest BCUT2D eigenvalue weighted by molar-refractivity contribution is 5.95. The van der Waals surface area contributed by atoms with E-state index in [-0.39, 0.29) is 30.4 Å². The fourth-order valence-corrected chi connectivity index (χ4v) is 6.21. The first-order chi connectivity index (χ1) is 19.3. The first-order valence-corrected chi connectivity index (χ1v) is 14.0. The van der Waals surface area contributed by atoms with Crippen molar-refractivity contribution in [3.05, 3.63) is 36.0 Å². The zero-order valence-electron chi connectivity index (χ0n) is 23.2. The number of morpholine rings is 1. The number of carbonyl (C=O) groups is 1. The first kappa shape index (κ1) is 26.6. The molecule has 40 heavy (non-hydrogen) atoms. The van der Waals surface area contributed by atoms with Crippen molar-refractivity contribution in [1.29, 1.82) is 0 Å². The Morgan fingerprint density at radius 1 is 1.12 bits per heavy atom. The molecule has 5 heterocycles. The van der Waals surface area contributed by atoms with Gasteiger partial charge in [-0.15, -0.1) is 0 Å². The van der Waals surface area contributed by atoms with E-state index in [1.165, 1.54) is 6.07 Å². The van der Waals surface area contributed by atoms with Gasteiger partial charge in [-0.05, 0) is 39.0 Å². The third-order valence-electron chi connectivity index (χ3n) is 8.07. The topological polar surface area (TPSA) is 121 Å². The molecule has 1 aromatic carbocycles. The van der Waals surface area contributed by atoms with Crippen molar-refractivity contribution in [2.75, 3.05) is 50.8 Å². The van der Waals surface area contributed by atoms with Crippen LogP contribution in [0, 0.1) is 5.82 Å². The number of H-pyrrole nitrogens is 1. The summed E-state index contributed by atoms with van der Waals surface area (Å²) in [6, 6.07) is 5.40. The number of aromatic amines is 1. The van der Waals surface area contributed by atoms with Crippen LogP contribution >= 0.6 is 0 Å². The van der Waals surface area contributed by atoms with Gasteiger partial charge in [0.15, 0.2) is 22.8 Å². The van der Waals surface area contributed by atoms with Crippen LogP contribution in [0.15, 0.2) is 24.4 Å². The number of nitrogens with zero attached hydrogens (tertiary/aromatic N) is 7. The van der Waals surface area contributed by atoms with E-state index in [4.69, 9.17) is 25.4 Å². The Kier molecular flexibility index (Phi) is 7.15. The Bertz CT molecular complexity index is 1530. The second-order valence-corrected chi connectivity index (χ2v) is 10.8. The Morgan fingerprint density at radius 2 is 1.88 bits per heavy atom. The number of ether oxygens (including phenoxy) is 1. The van der Waals surface area contributed by atoms with Crippen LogP contribution in [0.4, 0.5) is 10.2 Å². The number of benzene rings is 1. The highest BCUT2D eigenvalue weighted by Crippen LogP contribution is 2.34. The summed E-state index contributed by atoms with van der Waals surface area (Å²) in [4.78, 5) is 36.4. The van der Waals surface area contributed by atoms with Crippen molar-refractivity contribution < 1.29 is 13.9 Å². The van der Waals surface area contributed by atoms with Gasteiger partial charge in [0.1, 0.15) is 11.6 Å². The summed E-state index contributed by atoms with van der Waals surface area (Å²) in [6.45, 7) is 12.0. The number of carbonyl (C=O) groups excluding carboxylic acids is 1. The molecule has 4 aromatic rings. The maximum absolute atomic E-state index is 15.3. The Hall–Kier alpha value is -3.61. The van der Waals surface area contributed by atoms with Crippen LogP contribution in [0.5, 0.6) is 0 Å². The third kappa shape index (κ3) is 4.80. The highest BCUT2D eigenvalue weighted by Gasteiger charge is 2.32. The molecule has 11 nitrogen and oxygen atoms in total. The number of aryl methyl sites for hydroxylation is 1. The normalized spacial score (nSPS) is 21.1. The van der Waals surface area contributed by atoms with Crippen LogP contribution in [0.1, 0.15) is 26.6 Å². The summed E-state index contributed by atoms with van der Waals surface area (Å²) in [7, 11) is 0. The molecule has 3 aromatic heterocycles. The van der Waals surface area contributed by atoms with Gasteiger partial charge in [0, 0.05) is 61.9 Å². The summed E-state index contributed by atoms with van der Waals surface area (Å²) in [5.74, 6) is 1.27. The van der Waals surface area contributed by atoms with E-state index in [1.54, 1.807) is 12.3 Å². The number of rotatable bonds is 7. The van der Waals surface area contributed by atoms with Crippen LogP contribution in [-0.2, 0) is 22.6 Å². The van der Waals surface area contributed by atoms with Crippen LogP contribution in [0.25, 0.3) is 33.5 Å². The van der Waals surface area contributed by atoms with E-state index in [0.29, 0.717) is 62.2 Å². The zero-order valence-corrected chi connectivity index (χ0v) is 23.2. The molecular weight excluding hydrogens is 513 g/mol. The number of nitrogens with one attached hydrogen (secondary N) is 1. The summed E-state index contributed by atoms with van der Waals surface area (Å²) >= 11 is 0. The molecule has 2 aliphatic rings. The molecule has 1 amide bonds. The number of imidazole rings is 1. The van der Waals surface area contributed by atoms with Crippen LogP contribution < -0.4 is 10.6 Å². The van der Waals surface area contributed by atoms with E-state index in [1.807, 2.05) is 6.07 Å². The number of hydrogen-bond donors (Lipinski definition) is 2. The zero-order chi connectivity index (χ0) is 28.0. The Morgan fingerprint density at radius 3 is 2.58 bits per heavy atom. The molecule has 0 bridgehead atoms. The van der Waals surface area contributed by atoms with Gasteiger partial charge in [-0.3, -0.25) is 14.6 Å². The Balaban J connectivity index is 1.43. The molecule has 6 rings (SSSR count). The minimum absolute atomic E-state index is 0.177. The minimum atomic E-state index is -0.362. The molecule has 212 valence electrons. The molecule has 0 radical (unpaired) electrons. The summed E-state index contributed by atoms with van der Waals surface area (Å²) in [5, 5.41) is 0.742. The number of primary amides is 1. The monoisotopic (exact) mass is 549 g/mol. The lowest BCUT2D eigenvalue weighted by atomic mass is 10.1. The lowest BCUT2D eigenvalue weighted by Gasteiger charge is -2.43. The molecule has 2 fully saturated rings. The fourth-order valence-electron chi connectivity index (χ4n) is 6.21. The highest BCUT2D eigenvalue weighted by atomic mass is 19.1. The molecule has 2 aliphatic heterocycles. The van der Waals surface area contributed by atoms with E-state index < -0.39 is 0 Å². The average molecular weight is 550 g/mol. The number of amides is 1. The molecule has 2 atom stereocenters. The van der Waals surface area contributed by atoms with Gasteiger partial charge >= 0.3 is 0 Å². The number of anilines is 1. The molecular formula is C28H36FN9O2. The number of fused-ring (bicyclic) bond motifs is 2. The smallest absolute Gasteiger partial charge is 0.231 e. The number of nitrogens with two attached hydrogens (primary N) is 1. The van der Waals surface area contributed by atoms with E-state index in [2.05, 4.69) is 45.0 Å². The largest absolute Gasteiger partial charge is 0.378 e. The van der Waals surface area contributed by atoms with Crippen molar-refractivity contribution in [2.45, 2.75) is 45.9 Å². The average Bonchev–Trinajstić information content (AvgIpc) is 3.54. The predicted molar refractivity (Wildman–Crippen MR) is 151 cm³/mol. The molecule has 2 saturated heterocycles. The van der Waals surface area contributed by atoms with Crippen molar-refractivity contribution in [3.8, 4) is 11.4 Å². The maximum atomic E-state index is 15.3. The van der Waals surface area contributed by atoms with Gasteiger partial charge in [0.05, 0.1) is 31.9 Å². The van der Waals surface area contributed by atoms with Gasteiger partial charge in [0.2, 0.25) is 5.91 Å². The van der Waals surface area contributed by atoms with Gasteiger partial charge in [0.25, 0.3) is 0 Å². The van der Waals surface area contributed by atoms with E-state index in [0.717, 1.165) is 35.3 Å². The SMILES string of the molecule is CCn1c(CN2C[C@@H](C)N(CC(N)=O)[C@@H](C)C2)nc2c(N3CCOCC3)nc(-c3c(F)ccc4[nH]ccc34)nc21. The molecule has 0 spiro atoms. The van der Waals surface area contributed by atoms with E-state index in [9.17, 15) is 4.79 Å². The van der Waals surface area contributed by atoms with E-state index >= 15 is 4.39 Å². The second-order valence-electron chi connectivity index (χ2n) is 10.8. The molecule has 0 saturated carbocycles. The first-order valence-electron chi connectivity index (χ1n) is 14.0. The molecule has 0 unspecified atom stereocenters. The molecule has 3 N–H and O–H groups in total. The molecule has 0 aliphatic carbocycles. The number of halogens is 1. The third-order valence-corrected chi connectivity index (χ3v) is 8.07. The summed E-state index contributed by atoms with van der Waals surface area (Å²) < 4.78 is 23.1. The number of aromatic nitrogens is 5. The lowest BCUT2D eigenvalue weighted by molar-refractivity contribution is -0.121. The van der Waals surface area contributed by atoms with Gasteiger partial charge in [-0.1, -0.05) is 0 Å². The lowest BCUT2D eigenvalue weighted by Crippen LogP contribution is -2.58. The summed E-state index contributed by atoms with van der Waals surface area (Å²) in [5.41, 5.74) is 8.12. The summed E-state index contributed by atoms with van der Waals surface area (Å²) in [6.07, 6.45) is 1.80. The number of piperazine rings is 1. The van der Waals surface area contributed by atoms with Gasteiger partial charge < -0.3 is 24.9 Å². The van der Waals surface area contributed by atoms with Crippen molar-refractivity contribution in [1.82, 2.24) is 34.3 Å². The number of hydrogen-bond acceptors (Lipinski definition) is 8. The predicted octanol–water partition coefficient (Wildman–Crippen LogP) is 2.35. The minimum Gasteiger partial charge on any atom is -0.378 e. The van der Waals surface area contributed by atoms with Crippen LogP contribution in [0.2, 0.25) is 0 Å². The molecule has 12 heteroatoms. The standard InChI is InChI=1S/C28H36FN9O2/c1-4-37-23(16-35-13-17(2)38(15-22(30)39)18(3)14-35)32-25-27(36-9-11-40-12-10-36)33-26(34-28(25)37)24-19-7-8-31-21(19)6-5-20(24)29/h5-8,17-18,31H,4,9-16H2,1-3H3,(H2,30,39)/t17-,18+. The van der Waals surface area contributed by atoms with Crippen molar-refractivity contribution >= 4 is 33.8 Å².